The third-order valence-corrected chi connectivity index (χ3v) is 4.99. The Balaban J connectivity index is 1.45. The molecular formula is C19H19FN8. The fraction of sp³-hybridized carbons (Fsp3) is 0.263. The molecule has 1 aliphatic heterocycles. The Bertz CT molecular complexity index is 1180. The van der Waals surface area contributed by atoms with Crippen molar-refractivity contribution in [2.75, 3.05) is 11.1 Å². The summed E-state index contributed by atoms with van der Waals surface area (Å²) in [7, 11) is 0. The van der Waals surface area contributed by atoms with Crippen LogP contribution in [0.1, 0.15) is 30.3 Å². The minimum absolute atomic E-state index is 0.278. The summed E-state index contributed by atoms with van der Waals surface area (Å²) < 4.78 is 17.8. The number of nitrogens with one attached hydrogen (secondary N) is 1. The highest BCUT2D eigenvalue weighted by Crippen LogP contribution is 2.27. The molecule has 28 heavy (non-hydrogen) atoms. The molecule has 3 N–H and O–H groups in total. The Morgan fingerprint density at radius 1 is 1.21 bits per heavy atom. The molecule has 0 saturated carbocycles. The fourth-order valence-corrected chi connectivity index (χ4v) is 3.52. The van der Waals surface area contributed by atoms with Gasteiger partial charge in [0.25, 0.3) is 0 Å². The van der Waals surface area contributed by atoms with Crippen molar-refractivity contribution >= 4 is 28.2 Å². The molecule has 0 aromatic carbocycles. The van der Waals surface area contributed by atoms with Gasteiger partial charge < -0.3 is 15.6 Å². The Morgan fingerprint density at radius 3 is 2.96 bits per heavy atom. The van der Waals surface area contributed by atoms with Crippen LogP contribution in [-0.2, 0) is 19.5 Å². The highest BCUT2D eigenvalue weighted by Gasteiger charge is 2.16. The van der Waals surface area contributed by atoms with Crippen LogP contribution in [-0.4, -0.2) is 29.3 Å². The SMILES string of the molecule is CC(F)c1cc2cc(Nc3cc4n(n3)Cc3nccn3CC4)ncc2c(N)n1. The number of halogens is 1. The number of hydrogen-bond acceptors (Lipinski definition) is 6. The van der Waals surface area contributed by atoms with Crippen LogP contribution in [0.3, 0.4) is 0 Å². The van der Waals surface area contributed by atoms with Crippen LogP contribution in [0.4, 0.5) is 21.8 Å². The molecular weight excluding hydrogens is 359 g/mol. The second kappa shape index (κ2) is 6.29. The second-order valence-electron chi connectivity index (χ2n) is 6.93. The van der Waals surface area contributed by atoms with Gasteiger partial charge in [0.05, 0.1) is 12.2 Å². The summed E-state index contributed by atoms with van der Waals surface area (Å²) in [6.07, 6.45) is 5.14. The number of imidazole rings is 1. The first-order valence-corrected chi connectivity index (χ1v) is 9.11. The molecule has 4 aromatic heterocycles. The summed E-state index contributed by atoms with van der Waals surface area (Å²) in [5.41, 5.74) is 7.39. The summed E-state index contributed by atoms with van der Waals surface area (Å²) in [5.74, 6) is 2.60. The Labute approximate surface area is 160 Å². The maximum atomic E-state index is 13.7. The van der Waals surface area contributed by atoms with Gasteiger partial charge in [0.1, 0.15) is 23.6 Å². The van der Waals surface area contributed by atoms with Gasteiger partial charge in [0.15, 0.2) is 5.82 Å². The first-order chi connectivity index (χ1) is 13.6. The predicted octanol–water partition coefficient (Wildman–Crippen LogP) is 2.98. The van der Waals surface area contributed by atoms with Crippen molar-refractivity contribution < 1.29 is 4.39 Å². The van der Waals surface area contributed by atoms with Gasteiger partial charge in [-0.1, -0.05) is 0 Å². The van der Waals surface area contributed by atoms with Gasteiger partial charge in [0.2, 0.25) is 0 Å². The van der Waals surface area contributed by atoms with Crippen LogP contribution in [0.15, 0.2) is 36.8 Å². The van der Waals surface area contributed by atoms with E-state index in [1.165, 1.54) is 6.92 Å². The van der Waals surface area contributed by atoms with E-state index in [0.29, 0.717) is 29.3 Å². The van der Waals surface area contributed by atoms with Crippen LogP contribution in [0.2, 0.25) is 0 Å². The molecule has 0 saturated heterocycles. The van der Waals surface area contributed by atoms with Crippen molar-refractivity contribution in [2.45, 2.75) is 32.6 Å². The van der Waals surface area contributed by atoms with Gasteiger partial charge in [-0.2, -0.15) is 5.10 Å². The first-order valence-electron chi connectivity index (χ1n) is 9.11. The summed E-state index contributed by atoms with van der Waals surface area (Å²) in [6, 6.07) is 5.55. The van der Waals surface area contributed by atoms with Crippen molar-refractivity contribution in [3.05, 3.63) is 54.0 Å². The van der Waals surface area contributed by atoms with Crippen LogP contribution in [0.5, 0.6) is 0 Å². The third-order valence-electron chi connectivity index (χ3n) is 4.99. The van der Waals surface area contributed by atoms with Gasteiger partial charge in [-0.3, -0.25) is 4.68 Å². The summed E-state index contributed by atoms with van der Waals surface area (Å²) in [5, 5.41) is 9.36. The highest BCUT2D eigenvalue weighted by molar-refractivity contribution is 5.92. The molecule has 4 aromatic rings. The molecule has 0 spiro atoms. The lowest BCUT2D eigenvalue weighted by molar-refractivity contribution is 0.366. The van der Waals surface area contributed by atoms with E-state index < -0.39 is 6.17 Å². The lowest BCUT2D eigenvalue weighted by Crippen LogP contribution is -2.06. The van der Waals surface area contributed by atoms with Crippen molar-refractivity contribution in [2.24, 2.45) is 0 Å². The minimum Gasteiger partial charge on any atom is -0.383 e. The molecule has 9 heteroatoms. The molecule has 5 rings (SSSR count). The number of pyridine rings is 2. The van der Waals surface area contributed by atoms with E-state index >= 15 is 0 Å². The van der Waals surface area contributed by atoms with Gasteiger partial charge >= 0.3 is 0 Å². The summed E-state index contributed by atoms with van der Waals surface area (Å²) in [6.45, 7) is 2.96. The zero-order valence-electron chi connectivity index (χ0n) is 15.3. The molecule has 1 aliphatic rings. The van der Waals surface area contributed by atoms with Gasteiger partial charge in [-0.05, 0) is 24.4 Å². The molecule has 8 nitrogen and oxygen atoms in total. The van der Waals surface area contributed by atoms with E-state index in [9.17, 15) is 4.39 Å². The Morgan fingerprint density at radius 2 is 2.11 bits per heavy atom. The molecule has 142 valence electrons. The lowest BCUT2D eigenvalue weighted by Gasteiger charge is -2.09. The molecule has 0 aliphatic carbocycles. The monoisotopic (exact) mass is 378 g/mol. The average molecular weight is 378 g/mol. The van der Waals surface area contributed by atoms with Crippen LogP contribution in [0, 0.1) is 0 Å². The van der Waals surface area contributed by atoms with E-state index in [1.54, 1.807) is 12.3 Å². The van der Waals surface area contributed by atoms with Gasteiger partial charge in [0, 0.05) is 48.7 Å². The van der Waals surface area contributed by atoms with E-state index in [1.807, 2.05) is 29.2 Å². The number of fused-ring (bicyclic) bond motifs is 3. The van der Waals surface area contributed by atoms with Crippen molar-refractivity contribution in [3.63, 3.8) is 0 Å². The molecule has 1 atom stereocenters. The number of nitrogens with zero attached hydrogens (tertiary/aromatic N) is 6. The first kappa shape index (κ1) is 16.7. The number of nitrogens with two attached hydrogens (primary N) is 1. The van der Waals surface area contributed by atoms with E-state index in [4.69, 9.17) is 5.73 Å². The van der Waals surface area contributed by atoms with E-state index in [2.05, 4.69) is 29.9 Å². The third kappa shape index (κ3) is 2.84. The lowest BCUT2D eigenvalue weighted by atomic mass is 10.1. The molecule has 1 unspecified atom stereocenters. The zero-order chi connectivity index (χ0) is 19.3. The number of alkyl halides is 1. The Hall–Kier alpha value is -3.49. The number of aryl methyl sites for hydroxylation is 2. The largest absolute Gasteiger partial charge is 0.383 e. The van der Waals surface area contributed by atoms with Crippen LogP contribution >= 0.6 is 0 Å². The quantitative estimate of drug-likeness (QED) is 0.569. The normalized spacial score (nSPS) is 14.4. The van der Waals surface area contributed by atoms with Crippen molar-refractivity contribution in [1.29, 1.82) is 0 Å². The molecule has 0 amide bonds. The Kier molecular flexibility index (Phi) is 3.75. The van der Waals surface area contributed by atoms with E-state index in [0.717, 1.165) is 29.9 Å². The maximum Gasteiger partial charge on any atom is 0.153 e. The maximum absolute atomic E-state index is 13.7. The van der Waals surface area contributed by atoms with Crippen LogP contribution < -0.4 is 11.1 Å². The van der Waals surface area contributed by atoms with Crippen LogP contribution in [0.25, 0.3) is 10.8 Å². The topological polar surface area (TPSA) is 99.5 Å². The highest BCUT2D eigenvalue weighted by atomic mass is 19.1. The molecule has 5 heterocycles. The van der Waals surface area contributed by atoms with E-state index in [-0.39, 0.29) is 5.82 Å². The van der Waals surface area contributed by atoms with Gasteiger partial charge in [-0.25, -0.2) is 19.3 Å². The second-order valence-corrected chi connectivity index (χ2v) is 6.93. The van der Waals surface area contributed by atoms with Crippen molar-refractivity contribution in [3.8, 4) is 0 Å². The van der Waals surface area contributed by atoms with Gasteiger partial charge in [-0.15, -0.1) is 0 Å². The standard InChI is InChI=1S/C19H19FN8/c1-11(20)15-6-12-7-16(23-9-14(12)19(21)24-15)25-17-8-13-2-4-27-5-3-22-18(27)10-28(13)26-17/h3,5-9,11H,2,4,10H2,1H3,(H2,21,24)(H,23,25,26). The number of aromatic nitrogens is 6. The summed E-state index contributed by atoms with van der Waals surface area (Å²) >= 11 is 0. The smallest absolute Gasteiger partial charge is 0.153 e. The number of nitrogen functional groups attached to an aromatic ring is 1. The number of hydrogen-bond donors (Lipinski definition) is 2. The number of rotatable bonds is 3. The minimum atomic E-state index is -1.19. The zero-order valence-corrected chi connectivity index (χ0v) is 15.3. The van der Waals surface area contributed by atoms with Crippen molar-refractivity contribution in [1.82, 2.24) is 29.3 Å². The molecule has 0 bridgehead atoms. The fourth-order valence-electron chi connectivity index (χ4n) is 3.52. The average Bonchev–Trinajstić information content (AvgIpc) is 3.23. The molecule has 0 radical (unpaired) electrons. The number of anilines is 3. The predicted molar refractivity (Wildman–Crippen MR) is 104 cm³/mol. The molecule has 0 fully saturated rings. The summed E-state index contributed by atoms with van der Waals surface area (Å²) in [4.78, 5) is 12.9.